The predicted octanol–water partition coefficient (Wildman–Crippen LogP) is 5.62. The number of aromatic hydroxyl groups is 1. The summed E-state index contributed by atoms with van der Waals surface area (Å²) in [6, 6.07) is 10.8. The quantitative estimate of drug-likeness (QED) is 0.501. The highest BCUT2D eigenvalue weighted by molar-refractivity contribution is 6.32. The molecule has 31 heavy (non-hydrogen) atoms. The van der Waals surface area contributed by atoms with Gasteiger partial charge in [-0.2, -0.15) is 0 Å². The average Bonchev–Trinajstić information content (AvgIpc) is 2.74. The number of benzene rings is 2. The SMILES string of the molecule is CC(C)(C)N1CCC[C@@H](COc2cccc3ncnc(Nc4ccc(O)c(Cl)c4)c23)C1. The lowest BCUT2D eigenvalue weighted by Gasteiger charge is -2.41. The highest BCUT2D eigenvalue weighted by Crippen LogP contribution is 2.34. The topological polar surface area (TPSA) is 70.5 Å². The molecule has 0 aliphatic carbocycles. The number of fused-ring (bicyclic) bond motifs is 1. The second kappa shape index (κ2) is 8.89. The fourth-order valence-electron chi connectivity index (χ4n) is 4.03. The van der Waals surface area contributed by atoms with Crippen molar-refractivity contribution < 1.29 is 9.84 Å². The van der Waals surface area contributed by atoms with E-state index in [1.807, 2.05) is 18.2 Å². The van der Waals surface area contributed by atoms with E-state index in [-0.39, 0.29) is 16.3 Å². The second-order valence-electron chi connectivity index (χ2n) is 9.10. The van der Waals surface area contributed by atoms with E-state index in [9.17, 15) is 5.11 Å². The van der Waals surface area contributed by atoms with Gasteiger partial charge in [-0.1, -0.05) is 17.7 Å². The summed E-state index contributed by atoms with van der Waals surface area (Å²) in [5.74, 6) is 1.93. The van der Waals surface area contributed by atoms with Gasteiger partial charge in [-0.3, -0.25) is 4.90 Å². The minimum Gasteiger partial charge on any atom is -0.506 e. The van der Waals surface area contributed by atoms with Gasteiger partial charge in [0.2, 0.25) is 0 Å². The van der Waals surface area contributed by atoms with Gasteiger partial charge in [0.25, 0.3) is 0 Å². The fraction of sp³-hybridized carbons (Fsp3) is 0.417. The van der Waals surface area contributed by atoms with Crippen LogP contribution in [0.2, 0.25) is 5.02 Å². The van der Waals surface area contributed by atoms with E-state index < -0.39 is 0 Å². The standard InChI is InChI=1S/C24H29ClN4O2/c1-24(2,3)29-11-5-6-16(13-29)14-31-21-8-4-7-19-22(21)23(27-15-26-19)28-17-9-10-20(30)18(25)12-17/h4,7-10,12,15-16,30H,5-6,11,13-14H2,1-3H3,(H,26,27,28)/t16-/m1/s1. The van der Waals surface area contributed by atoms with Crippen LogP contribution in [0.15, 0.2) is 42.7 Å². The summed E-state index contributed by atoms with van der Waals surface area (Å²) >= 11 is 6.06. The molecule has 0 unspecified atom stereocenters. The monoisotopic (exact) mass is 440 g/mol. The molecule has 1 aromatic heterocycles. The molecule has 1 aliphatic heterocycles. The Morgan fingerprint density at radius 1 is 1.23 bits per heavy atom. The smallest absolute Gasteiger partial charge is 0.145 e. The highest BCUT2D eigenvalue weighted by Gasteiger charge is 2.28. The first-order chi connectivity index (χ1) is 14.8. The molecule has 0 spiro atoms. The van der Waals surface area contributed by atoms with Crippen molar-refractivity contribution in [2.24, 2.45) is 5.92 Å². The Morgan fingerprint density at radius 3 is 2.84 bits per heavy atom. The van der Waals surface area contributed by atoms with Gasteiger partial charge in [0.1, 0.15) is 23.6 Å². The largest absolute Gasteiger partial charge is 0.506 e. The van der Waals surface area contributed by atoms with Crippen molar-refractivity contribution in [2.45, 2.75) is 39.2 Å². The van der Waals surface area contributed by atoms with E-state index in [0.29, 0.717) is 18.3 Å². The Balaban J connectivity index is 1.56. The Labute approximate surface area is 188 Å². The number of rotatable bonds is 5. The zero-order chi connectivity index (χ0) is 22.0. The molecule has 0 amide bonds. The number of hydrogen-bond donors (Lipinski definition) is 2. The van der Waals surface area contributed by atoms with Gasteiger partial charge in [0.05, 0.1) is 22.5 Å². The zero-order valence-electron chi connectivity index (χ0n) is 18.2. The minimum atomic E-state index is 0.0422. The normalized spacial score (nSPS) is 17.6. The predicted molar refractivity (Wildman–Crippen MR) is 125 cm³/mol. The van der Waals surface area contributed by atoms with Crippen molar-refractivity contribution in [3.8, 4) is 11.5 Å². The van der Waals surface area contributed by atoms with Gasteiger partial charge in [-0.15, -0.1) is 0 Å². The molecule has 1 fully saturated rings. The number of phenolic OH excluding ortho intramolecular Hbond substituents is 1. The second-order valence-corrected chi connectivity index (χ2v) is 9.51. The molecule has 164 valence electrons. The third kappa shape index (κ3) is 5.02. The van der Waals surface area contributed by atoms with Crippen LogP contribution in [-0.2, 0) is 0 Å². The first-order valence-corrected chi connectivity index (χ1v) is 11.1. The summed E-state index contributed by atoms with van der Waals surface area (Å²) in [5, 5.41) is 14.1. The molecule has 0 bridgehead atoms. The van der Waals surface area contributed by atoms with Crippen molar-refractivity contribution in [1.29, 1.82) is 0 Å². The van der Waals surface area contributed by atoms with Crippen LogP contribution in [0.4, 0.5) is 11.5 Å². The van der Waals surface area contributed by atoms with Crippen molar-refractivity contribution >= 4 is 34.0 Å². The molecule has 3 aromatic rings. The molecule has 6 nitrogen and oxygen atoms in total. The van der Waals surface area contributed by atoms with Crippen LogP contribution in [0.1, 0.15) is 33.6 Å². The molecule has 7 heteroatoms. The van der Waals surface area contributed by atoms with Crippen LogP contribution in [0.25, 0.3) is 10.9 Å². The van der Waals surface area contributed by atoms with Gasteiger partial charge >= 0.3 is 0 Å². The number of halogens is 1. The number of piperidine rings is 1. The lowest BCUT2D eigenvalue weighted by atomic mass is 9.94. The van der Waals surface area contributed by atoms with Crippen LogP contribution in [-0.4, -0.2) is 45.2 Å². The average molecular weight is 441 g/mol. The van der Waals surface area contributed by atoms with Crippen molar-refractivity contribution in [3.05, 3.63) is 47.7 Å². The van der Waals surface area contributed by atoms with Crippen LogP contribution < -0.4 is 10.1 Å². The highest BCUT2D eigenvalue weighted by atomic mass is 35.5. The Hall–Kier alpha value is -2.57. The van der Waals surface area contributed by atoms with E-state index in [1.54, 1.807) is 18.2 Å². The van der Waals surface area contributed by atoms with Crippen LogP contribution in [0.5, 0.6) is 11.5 Å². The first kappa shape index (κ1) is 21.7. The number of nitrogens with zero attached hydrogens (tertiary/aromatic N) is 3. The van der Waals surface area contributed by atoms with Gasteiger partial charge in [0.15, 0.2) is 0 Å². The van der Waals surface area contributed by atoms with Crippen LogP contribution >= 0.6 is 11.6 Å². The van der Waals surface area contributed by atoms with Gasteiger partial charge < -0.3 is 15.2 Å². The Morgan fingerprint density at radius 2 is 2.06 bits per heavy atom. The fourth-order valence-corrected chi connectivity index (χ4v) is 4.21. The van der Waals surface area contributed by atoms with Crippen LogP contribution in [0.3, 0.4) is 0 Å². The number of phenols is 1. The van der Waals surface area contributed by atoms with Gasteiger partial charge in [0, 0.05) is 23.7 Å². The van der Waals surface area contributed by atoms with E-state index in [0.717, 1.165) is 35.4 Å². The summed E-state index contributed by atoms with van der Waals surface area (Å²) in [4.78, 5) is 11.4. The maximum absolute atomic E-state index is 9.68. The molecule has 0 saturated carbocycles. The van der Waals surface area contributed by atoms with Crippen molar-refractivity contribution in [3.63, 3.8) is 0 Å². The van der Waals surface area contributed by atoms with Crippen molar-refractivity contribution in [1.82, 2.24) is 14.9 Å². The molecule has 1 saturated heterocycles. The minimum absolute atomic E-state index is 0.0422. The van der Waals surface area contributed by atoms with E-state index in [4.69, 9.17) is 16.3 Å². The van der Waals surface area contributed by atoms with Crippen molar-refractivity contribution in [2.75, 3.05) is 25.0 Å². The number of likely N-dealkylation sites (tertiary alicyclic amines) is 1. The van der Waals surface area contributed by atoms with Crippen LogP contribution in [0, 0.1) is 5.92 Å². The molecule has 1 atom stereocenters. The van der Waals surface area contributed by atoms with Gasteiger partial charge in [-0.25, -0.2) is 9.97 Å². The number of aromatic nitrogens is 2. The van der Waals surface area contributed by atoms with Gasteiger partial charge in [-0.05, 0) is 70.5 Å². The lowest BCUT2D eigenvalue weighted by Crippen LogP contribution is -2.48. The third-order valence-corrected chi connectivity index (χ3v) is 6.08. The molecule has 2 heterocycles. The maximum Gasteiger partial charge on any atom is 0.145 e. The zero-order valence-corrected chi connectivity index (χ0v) is 19.0. The summed E-state index contributed by atoms with van der Waals surface area (Å²) < 4.78 is 6.33. The third-order valence-electron chi connectivity index (χ3n) is 5.78. The Bertz CT molecular complexity index is 1060. The number of anilines is 2. The summed E-state index contributed by atoms with van der Waals surface area (Å²) in [6.45, 7) is 9.65. The maximum atomic E-state index is 9.68. The molecule has 2 aromatic carbocycles. The molecule has 4 rings (SSSR count). The lowest BCUT2D eigenvalue weighted by molar-refractivity contribution is 0.0610. The first-order valence-electron chi connectivity index (χ1n) is 10.7. The number of hydrogen-bond acceptors (Lipinski definition) is 6. The van der Waals surface area contributed by atoms with E-state index in [1.165, 1.54) is 19.2 Å². The van der Waals surface area contributed by atoms with E-state index in [2.05, 4.69) is 41.0 Å². The Kier molecular flexibility index (Phi) is 6.21. The summed E-state index contributed by atoms with van der Waals surface area (Å²) in [5.41, 5.74) is 1.71. The molecule has 1 aliphatic rings. The summed E-state index contributed by atoms with van der Waals surface area (Å²) in [6.07, 6.45) is 3.89. The molecule has 0 radical (unpaired) electrons. The summed E-state index contributed by atoms with van der Waals surface area (Å²) in [7, 11) is 0. The van der Waals surface area contributed by atoms with E-state index >= 15 is 0 Å². The number of nitrogens with one attached hydrogen (secondary N) is 1. The molecule has 2 N–H and O–H groups in total. The number of ether oxygens (including phenoxy) is 1. The molecular weight excluding hydrogens is 412 g/mol. The molecular formula is C24H29ClN4O2.